The van der Waals surface area contributed by atoms with Gasteiger partial charge in [0.05, 0.1) is 19.3 Å². The first-order valence-electron chi connectivity index (χ1n) is 11.3. The summed E-state index contributed by atoms with van der Waals surface area (Å²) in [5, 5.41) is 0. The number of carbonyl (C=O) groups is 1. The molecule has 1 fully saturated rings. The minimum atomic E-state index is -2.86. The van der Waals surface area contributed by atoms with Crippen LogP contribution in [0.3, 0.4) is 0 Å². The van der Waals surface area contributed by atoms with Crippen molar-refractivity contribution in [3.8, 4) is 0 Å². The van der Waals surface area contributed by atoms with Gasteiger partial charge < -0.3 is 14.4 Å². The summed E-state index contributed by atoms with van der Waals surface area (Å²) in [6, 6.07) is 11.1. The fourth-order valence-electron chi connectivity index (χ4n) is 4.53. The number of piperidine rings is 1. The van der Waals surface area contributed by atoms with Crippen LogP contribution in [0, 0.1) is 0 Å². The first-order chi connectivity index (χ1) is 16.0. The molecule has 1 atom stereocenters. The lowest BCUT2D eigenvalue weighted by atomic mass is 9.93. The van der Waals surface area contributed by atoms with E-state index < -0.39 is 12.5 Å². The standard InChI is InChI=1S/C25H29F2N3O3/c1-32-22-7-9-30(10-8-22)24-23-15-28-20(11-18(23)14-29-24)13-21(31)12-19(16-33-25(26)27)17-5-3-2-4-6-17/h2-6,11,15,19,22,25H,7-10,12-14,16H2,1H3/t19-/m1/s1. The molecule has 8 heteroatoms. The minimum absolute atomic E-state index is 0.0602. The maximum absolute atomic E-state index is 12.8. The molecule has 0 bridgehead atoms. The van der Waals surface area contributed by atoms with Gasteiger partial charge >= 0.3 is 6.61 Å². The molecule has 1 aromatic carbocycles. The third-order valence-corrected chi connectivity index (χ3v) is 6.31. The number of likely N-dealkylation sites (tertiary alicyclic amines) is 1. The molecule has 33 heavy (non-hydrogen) atoms. The van der Waals surface area contributed by atoms with Crippen LogP contribution in [0.4, 0.5) is 8.78 Å². The van der Waals surface area contributed by atoms with Gasteiger partial charge in [-0.25, -0.2) is 0 Å². The number of hydrogen-bond donors (Lipinski definition) is 0. The number of rotatable bonds is 9. The Hall–Kier alpha value is -2.71. The van der Waals surface area contributed by atoms with Gasteiger partial charge in [0.15, 0.2) is 0 Å². The van der Waals surface area contributed by atoms with Crippen molar-refractivity contribution in [3.05, 3.63) is 65.0 Å². The first kappa shape index (κ1) is 23.4. The number of ether oxygens (including phenoxy) is 2. The van der Waals surface area contributed by atoms with Crippen molar-refractivity contribution in [1.82, 2.24) is 9.88 Å². The molecule has 4 rings (SSSR count). The molecule has 0 saturated carbocycles. The molecule has 2 aliphatic heterocycles. The average Bonchev–Trinajstić information content (AvgIpc) is 3.25. The number of pyridine rings is 1. The molecule has 1 aromatic heterocycles. The smallest absolute Gasteiger partial charge is 0.345 e. The number of alkyl halides is 2. The fraction of sp³-hybridized carbons (Fsp3) is 0.480. The predicted octanol–water partition coefficient (Wildman–Crippen LogP) is 3.98. The third kappa shape index (κ3) is 6.00. The lowest BCUT2D eigenvalue weighted by molar-refractivity contribution is -0.136. The van der Waals surface area contributed by atoms with Gasteiger partial charge in [-0.15, -0.1) is 0 Å². The summed E-state index contributed by atoms with van der Waals surface area (Å²) in [6.45, 7) is -0.689. The molecular weight excluding hydrogens is 428 g/mol. The Morgan fingerprint density at radius 3 is 2.67 bits per heavy atom. The van der Waals surface area contributed by atoms with Crippen molar-refractivity contribution < 1.29 is 23.0 Å². The van der Waals surface area contributed by atoms with E-state index in [1.807, 2.05) is 36.4 Å². The number of carbonyl (C=O) groups excluding carboxylic acids is 1. The van der Waals surface area contributed by atoms with E-state index in [1.165, 1.54) is 0 Å². The quantitative estimate of drug-likeness (QED) is 0.570. The number of hydrogen-bond acceptors (Lipinski definition) is 6. The highest BCUT2D eigenvalue weighted by Crippen LogP contribution is 2.26. The summed E-state index contributed by atoms with van der Waals surface area (Å²) in [7, 11) is 1.75. The van der Waals surface area contributed by atoms with Gasteiger partial charge in [-0.2, -0.15) is 8.78 Å². The third-order valence-electron chi connectivity index (χ3n) is 6.31. The van der Waals surface area contributed by atoms with E-state index in [0.717, 1.165) is 48.5 Å². The largest absolute Gasteiger partial charge is 0.381 e. The summed E-state index contributed by atoms with van der Waals surface area (Å²) < 4.78 is 35.2. The zero-order chi connectivity index (χ0) is 23.2. The molecule has 2 aliphatic rings. The van der Waals surface area contributed by atoms with E-state index in [9.17, 15) is 13.6 Å². The predicted molar refractivity (Wildman–Crippen MR) is 121 cm³/mol. The van der Waals surface area contributed by atoms with Gasteiger partial charge in [-0.3, -0.25) is 14.8 Å². The second kappa shape index (κ2) is 10.9. The summed E-state index contributed by atoms with van der Waals surface area (Å²) in [5.74, 6) is 0.486. The molecule has 0 N–H and O–H groups in total. The number of ketones is 1. The van der Waals surface area contributed by atoms with Gasteiger partial charge in [-0.05, 0) is 30.0 Å². The molecular formula is C25H29F2N3O3. The zero-order valence-corrected chi connectivity index (χ0v) is 18.8. The average molecular weight is 458 g/mol. The normalized spacial score (nSPS) is 17.2. The second-order valence-electron chi connectivity index (χ2n) is 8.52. The van der Waals surface area contributed by atoms with Crippen molar-refractivity contribution in [3.63, 3.8) is 0 Å². The number of aromatic nitrogens is 1. The highest BCUT2D eigenvalue weighted by molar-refractivity contribution is 6.01. The van der Waals surface area contributed by atoms with E-state index in [0.29, 0.717) is 18.3 Å². The maximum Gasteiger partial charge on any atom is 0.345 e. The van der Waals surface area contributed by atoms with Crippen LogP contribution in [-0.4, -0.2) is 61.0 Å². The lowest BCUT2D eigenvalue weighted by Gasteiger charge is -2.32. The summed E-state index contributed by atoms with van der Waals surface area (Å²) in [5.41, 5.74) is 3.57. The van der Waals surface area contributed by atoms with Crippen LogP contribution in [-0.2, 0) is 27.2 Å². The van der Waals surface area contributed by atoms with Gasteiger partial charge in [0, 0.05) is 56.4 Å². The van der Waals surface area contributed by atoms with Crippen molar-refractivity contribution in [2.75, 3.05) is 26.8 Å². The monoisotopic (exact) mass is 457 g/mol. The molecule has 2 aromatic rings. The number of halogens is 2. The molecule has 0 aliphatic carbocycles. The Balaban J connectivity index is 1.38. The Labute approximate surface area is 192 Å². The molecule has 0 unspecified atom stereocenters. The number of fused-ring (bicyclic) bond motifs is 1. The molecule has 0 amide bonds. The van der Waals surface area contributed by atoms with Crippen molar-refractivity contribution >= 4 is 11.6 Å². The Kier molecular flexibility index (Phi) is 7.77. The Bertz CT molecular complexity index is 976. The zero-order valence-electron chi connectivity index (χ0n) is 18.8. The van der Waals surface area contributed by atoms with Crippen LogP contribution >= 0.6 is 0 Å². The number of nitrogens with zero attached hydrogens (tertiary/aromatic N) is 3. The van der Waals surface area contributed by atoms with Gasteiger partial charge in [0.2, 0.25) is 0 Å². The van der Waals surface area contributed by atoms with Crippen molar-refractivity contribution in [1.29, 1.82) is 0 Å². The van der Waals surface area contributed by atoms with E-state index >= 15 is 0 Å². The Morgan fingerprint density at radius 2 is 1.97 bits per heavy atom. The van der Waals surface area contributed by atoms with Gasteiger partial charge in [0.1, 0.15) is 11.6 Å². The topological polar surface area (TPSA) is 64.0 Å². The molecule has 6 nitrogen and oxygen atoms in total. The summed E-state index contributed by atoms with van der Waals surface area (Å²) in [6.07, 6.45) is 4.33. The molecule has 176 valence electrons. The Morgan fingerprint density at radius 1 is 1.21 bits per heavy atom. The van der Waals surface area contributed by atoms with Crippen LogP contribution in [0.5, 0.6) is 0 Å². The highest BCUT2D eigenvalue weighted by atomic mass is 19.3. The lowest BCUT2D eigenvalue weighted by Crippen LogP contribution is -2.40. The van der Waals surface area contributed by atoms with Crippen LogP contribution in [0.15, 0.2) is 47.6 Å². The highest BCUT2D eigenvalue weighted by Gasteiger charge is 2.27. The molecule has 0 spiro atoms. The number of benzene rings is 1. The van der Waals surface area contributed by atoms with E-state index in [4.69, 9.17) is 9.73 Å². The molecule has 3 heterocycles. The first-order valence-corrected chi connectivity index (χ1v) is 11.3. The minimum Gasteiger partial charge on any atom is -0.381 e. The molecule has 1 saturated heterocycles. The van der Waals surface area contributed by atoms with Crippen LogP contribution in [0.1, 0.15) is 47.6 Å². The second-order valence-corrected chi connectivity index (χ2v) is 8.52. The van der Waals surface area contributed by atoms with Crippen molar-refractivity contribution in [2.45, 2.75) is 50.9 Å². The van der Waals surface area contributed by atoms with Crippen LogP contribution in [0.2, 0.25) is 0 Å². The number of Topliss-reactive ketones (excluding diaryl/α,β-unsaturated/α-hetero) is 1. The van der Waals surface area contributed by atoms with E-state index in [1.54, 1.807) is 13.3 Å². The van der Waals surface area contributed by atoms with E-state index in [-0.39, 0.29) is 25.2 Å². The van der Waals surface area contributed by atoms with Gasteiger partial charge in [0.25, 0.3) is 0 Å². The number of aliphatic imine (C=N–C) groups is 1. The number of methoxy groups -OCH3 is 1. The molecule has 0 radical (unpaired) electrons. The van der Waals surface area contributed by atoms with Crippen LogP contribution in [0.25, 0.3) is 0 Å². The van der Waals surface area contributed by atoms with E-state index in [2.05, 4.69) is 14.6 Å². The fourth-order valence-corrected chi connectivity index (χ4v) is 4.53. The SMILES string of the molecule is COC1CCN(C2=NCc3cc(CC(=O)C[C@H](COC(F)F)c4ccccc4)ncc32)CC1. The maximum atomic E-state index is 12.8. The van der Waals surface area contributed by atoms with Gasteiger partial charge in [-0.1, -0.05) is 30.3 Å². The summed E-state index contributed by atoms with van der Waals surface area (Å²) >= 11 is 0. The summed E-state index contributed by atoms with van der Waals surface area (Å²) in [4.78, 5) is 24.3. The van der Waals surface area contributed by atoms with Crippen LogP contribution < -0.4 is 0 Å². The van der Waals surface area contributed by atoms with Crippen molar-refractivity contribution in [2.24, 2.45) is 4.99 Å². The number of amidine groups is 1.